The molecule has 214 valence electrons. The Morgan fingerprint density at radius 3 is 2.34 bits per heavy atom. The lowest BCUT2D eigenvalue weighted by molar-refractivity contribution is 0.123. The lowest BCUT2D eigenvalue weighted by atomic mass is 9.93. The van der Waals surface area contributed by atoms with Gasteiger partial charge in [-0.2, -0.15) is 10.2 Å². The molecule has 0 aliphatic carbocycles. The summed E-state index contributed by atoms with van der Waals surface area (Å²) >= 11 is 0. The molecule has 0 aromatic carbocycles. The van der Waals surface area contributed by atoms with E-state index in [1.165, 1.54) is 5.56 Å². The fraction of sp³-hybridized carbons (Fsp3) is 0.379. The van der Waals surface area contributed by atoms with E-state index in [9.17, 15) is 8.42 Å². The molecule has 41 heavy (non-hydrogen) atoms. The molecule has 11 nitrogen and oxygen atoms in total. The van der Waals surface area contributed by atoms with Crippen molar-refractivity contribution in [2.75, 3.05) is 24.6 Å². The summed E-state index contributed by atoms with van der Waals surface area (Å²) in [6.07, 6.45) is 12.9. The molecular weight excluding hydrogens is 540 g/mol. The van der Waals surface area contributed by atoms with Crippen molar-refractivity contribution >= 4 is 20.9 Å². The molecule has 5 aromatic rings. The maximum absolute atomic E-state index is 12.0. The second-order valence-electron chi connectivity index (χ2n) is 11.3. The number of hydrogen-bond acceptors (Lipinski definition) is 8. The van der Waals surface area contributed by atoms with Crippen LogP contribution in [0.2, 0.25) is 0 Å². The lowest BCUT2D eigenvalue weighted by Gasteiger charge is -2.41. The molecule has 0 spiro atoms. The van der Waals surface area contributed by atoms with Gasteiger partial charge in [0.1, 0.15) is 5.65 Å². The lowest BCUT2D eigenvalue weighted by Crippen LogP contribution is -2.51. The van der Waals surface area contributed by atoms with Gasteiger partial charge >= 0.3 is 0 Å². The minimum absolute atomic E-state index is 0.128. The third-order valence-electron chi connectivity index (χ3n) is 7.85. The number of hydrogen-bond donors (Lipinski definition) is 0. The van der Waals surface area contributed by atoms with Gasteiger partial charge in [0, 0.05) is 68.3 Å². The van der Waals surface area contributed by atoms with Crippen LogP contribution in [0.15, 0.2) is 61.4 Å². The van der Waals surface area contributed by atoms with Gasteiger partial charge < -0.3 is 4.74 Å². The molecule has 6 rings (SSSR count). The Bertz CT molecular complexity index is 1790. The number of pyridine rings is 2. The van der Waals surface area contributed by atoms with Crippen molar-refractivity contribution < 1.29 is 13.2 Å². The van der Waals surface area contributed by atoms with Gasteiger partial charge in [0.25, 0.3) is 0 Å². The Hall–Kier alpha value is -4.03. The first-order chi connectivity index (χ1) is 19.6. The average Bonchev–Trinajstić information content (AvgIpc) is 3.65. The second-order valence-corrected chi connectivity index (χ2v) is 13.6. The molecule has 12 heteroatoms. The van der Waals surface area contributed by atoms with Crippen LogP contribution in [-0.4, -0.2) is 77.5 Å². The fourth-order valence-corrected chi connectivity index (χ4v) is 6.54. The molecule has 0 saturated carbocycles. The highest BCUT2D eigenvalue weighted by Gasteiger charge is 2.32. The molecule has 0 radical (unpaired) electrons. The smallest absolute Gasteiger partial charge is 0.219 e. The molecule has 5 aromatic heterocycles. The summed E-state index contributed by atoms with van der Waals surface area (Å²) < 4.78 is 35.2. The first-order valence-electron chi connectivity index (χ1n) is 13.6. The molecular formula is C29H34N8O3S. The van der Waals surface area contributed by atoms with Crippen LogP contribution >= 0.6 is 0 Å². The van der Waals surface area contributed by atoms with Crippen molar-refractivity contribution in [3.63, 3.8) is 0 Å². The molecule has 1 aliphatic heterocycles. The van der Waals surface area contributed by atoms with E-state index in [1.807, 2.05) is 44.7 Å². The van der Waals surface area contributed by atoms with Gasteiger partial charge in [0.15, 0.2) is 15.6 Å². The normalized spacial score (nSPS) is 15.9. The summed E-state index contributed by atoms with van der Waals surface area (Å²) in [6, 6.07) is 7.93. The van der Waals surface area contributed by atoms with E-state index in [1.54, 1.807) is 28.0 Å². The van der Waals surface area contributed by atoms with E-state index in [2.05, 4.69) is 50.8 Å². The zero-order valence-corrected chi connectivity index (χ0v) is 24.5. The molecule has 1 aliphatic rings. The maximum atomic E-state index is 12.0. The van der Waals surface area contributed by atoms with Crippen molar-refractivity contribution in [3.8, 4) is 28.6 Å². The molecule has 0 atom stereocenters. The number of fused-ring (bicyclic) bond motifs is 1. The second kappa shape index (κ2) is 10.4. The van der Waals surface area contributed by atoms with Crippen LogP contribution in [0.25, 0.3) is 28.0 Å². The monoisotopic (exact) mass is 574 g/mol. The van der Waals surface area contributed by atoms with Gasteiger partial charge in [0.2, 0.25) is 5.88 Å². The maximum Gasteiger partial charge on any atom is 0.219 e. The first kappa shape index (κ1) is 27.2. The summed E-state index contributed by atoms with van der Waals surface area (Å²) in [5.74, 6) is 1.57. The van der Waals surface area contributed by atoms with Gasteiger partial charge in [0.05, 0.1) is 41.5 Å². The molecule has 1 saturated heterocycles. The molecule has 0 N–H and O–H groups in total. The summed E-state index contributed by atoms with van der Waals surface area (Å²) in [7, 11) is 0.819. The number of ether oxygens (including phenoxy) is 1. The van der Waals surface area contributed by atoms with Crippen LogP contribution < -0.4 is 4.74 Å². The van der Waals surface area contributed by atoms with Crippen molar-refractivity contribution in [3.05, 3.63) is 67.0 Å². The third-order valence-corrected chi connectivity index (χ3v) is 9.46. The van der Waals surface area contributed by atoms with E-state index in [0.717, 1.165) is 40.8 Å². The van der Waals surface area contributed by atoms with E-state index in [4.69, 9.17) is 9.72 Å². The van der Waals surface area contributed by atoms with E-state index in [0.29, 0.717) is 24.7 Å². The highest BCUT2D eigenvalue weighted by atomic mass is 32.2. The van der Waals surface area contributed by atoms with E-state index < -0.39 is 9.84 Å². The Labute approximate surface area is 239 Å². The van der Waals surface area contributed by atoms with Crippen molar-refractivity contribution in [1.82, 2.24) is 39.0 Å². The van der Waals surface area contributed by atoms with Gasteiger partial charge in [-0.3, -0.25) is 18.8 Å². The van der Waals surface area contributed by atoms with E-state index >= 15 is 0 Å². The van der Waals surface area contributed by atoms with Crippen LogP contribution in [0.1, 0.15) is 25.8 Å². The van der Waals surface area contributed by atoms with Crippen LogP contribution in [0.5, 0.6) is 11.6 Å². The summed E-state index contributed by atoms with van der Waals surface area (Å²) in [5, 5.41) is 9.58. The number of aromatic nitrogens is 7. The number of aryl methyl sites for hydroxylation is 3. The predicted molar refractivity (Wildman–Crippen MR) is 157 cm³/mol. The summed E-state index contributed by atoms with van der Waals surface area (Å²) in [4.78, 5) is 11.9. The topological polar surface area (TPSA) is 113 Å². The number of rotatable bonds is 8. The summed E-state index contributed by atoms with van der Waals surface area (Å²) in [5.41, 5.74) is 4.54. The van der Waals surface area contributed by atoms with Crippen LogP contribution in [0.4, 0.5) is 0 Å². The standard InChI is InChI=1S/C29H34N8O3S/c1-29(2,36-11-13-41(38,39)14-12-36)10-9-22-18-37(23-16-31-34(3)19-23)28-25(22)6-7-26(33-28)21-5-8-27(30-15-21)40-24-17-32-35(4)20-24/h5-8,15-20H,9-14H2,1-4H3. The molecule has 0 unspecified atom stereocenters. The summed E-state index contributed by atoms with van der Waals surface area (Å²) in [6.45, 7) is 5.57. The van der Waals surface area contributed by atoms with Crippen molar-refractivity contribution in [1.29, 1.82) is 0 Å². The Morgan fingerprint density at radius 1 is 0.927 bits per heavy atom. The van der Waals surface area contributed by atoms with Gasteiger partial charge in [-0.25, -0.2) is 18.4 Å². The molecule has 0 amide bonds. The largest absolute Gasteiger partial charge is 0.436 e. The third kappa shape index (κ3) is 5.75. The van der Waals surface area contributed by atoms with Crippen molar-refractivity contribution in [2.45, 2.75) is 32.2 Å². The van der Waals surface area contributed by atoms with Gasteiger partial charge in [-0.05, 0) is 50.5 Å². The average molecular weight is 575 g/mol. The molecule has 0 bridgehead atoms. The minimum atomic E-state index is -2.92. The number of nitrogens with zero attached hydrogens (tertiary/aromatic N) is 8. The first-order valence-corrected chi connectivity index (χ1v) is 15.5. The van der Waals surface area contributed by atoms with Gasteiger partial charge in [-0.1, -0.05) is 0 Å². The molecule has 1 fully saturated rings. The quantitative estimate of drug-likeness (QED) is 0.275. The SMILES string of the molecule is Cn1cc(Oc2ccc(-c3ccc4c(CCC(C)(C)N5CCS(=O)(=O)CC5)cn(-c5cnn(C)c5)c4n3)cn2)cn1. The Balaban J connectivity index is 1.28. The van der Waals surface area contributed by atoms with Crippen LogP contribution in [-0.2, 0) is 30.4 Å². The highest BCUT2D eigenvalue weighted by molar-refractivity contribution is 7.91. The highest BCUT2D eigenvalue weighted by Crippen LogP contribution is 2.31. The number of sulfone groups is 1. The van der Waals surface area contributed by atoms with Gasteiger partial charge in [-0.15, -0.1) is 0 Å². The zero-order valence-electron chi connectivity index (χ0n) is 23.7. The predicted octanol–water partition coefficient (Wildman–Crippen LogP) is 3.79. The fourth-order valence-electron chi connectivity index (χ4n) is 5.34. The zero-order chi connectivity index (χ0) is 28.8. The Morgan fingerprint density at radius 2 is 1.68 bits per heavy atom. The van der Waals surface area contributed by atoms with E-state index in [-0.39, 0.29) is 17.0 Å². The van der Waals surface area contributed by atoms with Crippen LogP contribution in [0.3, 0.4) is 0 Å². The van der Waals surface area contributed by atoms with Crippen LogP contribution in [0, 0.1) is 0 Å². The molecule has 6 heterocycles. The Kier molecular flexibility index (Phi) is 6.90. The minimum Gasteiger partial charge on any atom is -0.436 e. The van der Waals surface area contributed by atoms with Crippen molar-refractivity contribution in [2.24, 2.45) is 14.1 Å².